The molecular formula is C19H31NO6. The Morgan fingerprint density at radius 2 is 1.88 bits per heavy atom. The van der Waals surface area contributed by atoms with Gasteiger partial charge in [0.1, 0.15) is 12.2 Å². The van der Waals surface area contributed by atoms with Crippen LogP contribution in [0.5, 0.6) is 0 Å². The zero-order chi connectivity index (χ0) is 19.2. The number of carbonyl (C=O) groups is 2. The number of rotatable bonds is 12. The number of aliphatic hydroxyl groups excluding tert-OH is 2. The van der Waals surface area contributed by atoms with Gasteiger partial charge in [0.25, 0.3) is 5.91 Å². The first-order valence-corrected chi connectivity index (χ1v) is 9.65. The molecule has 2 saturated heterocycles. The molecule has 0 saturated carbocycles. The average Bonchev–Trinajstić information content (AvgIpc) is 3.35. The number of nitrogens with one attached hydrogen (secondary N) is 1. The Morgan fingerprint density at radius 3 is 2.50 bits per heavy atom. The van der Waals surface area contributed by atoms with Gasteiger partial charge in [0, 0.05) is 0 Å². The van der Waals surface area contributed by atoms with Crippen molar-refractivity contribution >= 4 is 11.7 Å². The van der Waals surface area contributed by atoms with Crippen LogP contribution in [0.15, 0.2) is 12.2 Å². The summed E-state index contributed by atoms with van der Waals surface area (Å²) >= 11 is 0. The van der Waals surface area contributed by atoms with Gasteiger partial charge in [-0.3, -0.25) is 9.59 Å². The molecule has 26 heavy (non-hydrogen) atoms. The van der Waals surface area contributed by atoms with Gasteiger partial charge in [0.2, 0.25) is 5.60 Å². The third-order valence-corrected chi connectivity index (χ3v) is 5.20. The fourth-order valence-electron chi connectivity index (χ4n) is 3.36. The van der Waals surface area contributed by atoms with Crippen LogP contribution < -0.4 is 5.32 Å². The molecule has 2 rings (SSSR count). The fraction of sp³-hybridized carbons (Fsp3) is 0.789. The lowest BCUT2D eigenvalue weighted by atomic mass is 9.91. The largest absolute Gasteiger partial charge is 0.394 e. The van der Waals surface area contributed by atoms with Gasteiger partial charge in [-0.2, -0.15) is 0 Å². The zero-order valence-corrected chi connectivity index (χ0v) is 15.4. The highest BCUT2D eigenvalue weighted by Crippen LogP contribution is 2.30. The summed E-state index contributed by atoms with van der Waals surface area (Å²) in [5.74, 6) is -1.89. The summed E-state index contributed by atoms with van der Waals surface area (Å²) in [7, 11) is 0. The Labute approximate surface area is 154 Å². The van der Waals surface area contributed by atoms with Gasteiger partial charge in [-0.15, -0.1) is 0 Å². The van der Waals surface area contributed by atoms with Crippen LogP contribution >= 0.6 is 0 Å². The van der Waals surface area contributed by atoms with Crippen molar-refractivity contribution in [3.8, 4) is 0 Å². The van der Waals surface area contributed by atoms with Crippen molar-refractivity contribution in [2.24, 2.45) is 0 Å². The van der Waals surface area contributed by atoms with Crippen molar-refractivity contribution in [3.05, 3.63) is 12.2 Å². The lowest BCUT2D eigenvalue weighted by molar-refractivity contribution is -0.154. The summed E-state index contributed by atoms with van der Waals surface area (Å²) in [6, 6.07) is -1.05. The van der Waals surface area contributed by atoms with Crippen LogP contribution in [-0.4, -0.2) is 63.6 Å². The molecule has 7 heteroatoms. The Morgan fingerprint density at radius 1 is 1.23 bits per heavy atom. The molecule has 0 bridgehead atoms. The molecule has 0 aliphatic carbocycles. The molecule has 0 radical (unpaired) electrons. The summed E-state index contributed by atoms with van der Waals surface area (Å²) in [6.07, 6.45) is 10.4. The van der Waals surface area contributed by atoms with Crippen LogP contribution in [0.2, 0.25) is 0 Å². The molecule has 148 valence electrons. The van der Waals surface area contributed by atoms with Crippen molar-refractivity contribution < 1.29 is 29.6 Å². The second kappa shape index (κ2) is 9.60. The Balaban J connectivity index is 1.69. The number of aliphatic hydroxyl groups is 3. The van der Waals surface area contributed by atoms with E-state index < -0.39 is 36.0 Å². The van der Waals surface area contributed by atoms with Gasteiger partial charge >= 0.3 is 0 Å². The van der Waals surface area contributed by atoms with E-state index in [4.69, 9.17) is 9.84 Å². The summed E-state index contributed by atoms with van der Waals surface area (Å²) < 4.78 is 5.48. The summed E-state index contributed by atoms with van der Waals surface area (Å²) in [5.41, 5.74) is -2.55. The number of epoxide rings is 1. The maximum Gasteiger partial charge on any atom is 0.263 e. The molecule has 0 aromatic rings. The second-order valence-corrected chi connectivity index (χ2v) is 7.25. The molecule has 2 heterocycles. The number of hydrogen-bond acceptors (Lipinski definition) is 6. The Kier molecular flexibility index (Phi) is 7.76. The number of carbonyl (C=O) groups excluding carboxylic acids is 2. The average molecular weight is 369 g/mol. The maximum atomic E-state index is 12.2. The van der Waals surface area contributed by atoms with Crippen LogP contribution in [-0.2, 0) is 14.3 Å². The Bertz CT molecular complexity index is 522. The van der Waals surface area contributed by atoms with Crippen molar-refractivity contribution in [1.29, 1.82) is 0 Å². The predicted octanol–water partition coefficient (Wildman–Crippen LogP) is 0.602. The van der Waals surface area contributed by atoms with Crippen LogP contribution in [0.25, 0.3) is 0 Å². The number of amides is 1. The first-order chi connectivity index (χ1) is 12.4. The van der Waals surface area contributed by atoms with Crippen LogP contribution in [0, 0.1) is 0 Å². The molecule has 0 aromatic carbocycles. The van der Waals surface area contributed by atoms with E-state index in [1.807, 2.05) is 0 Å². The summed E-state index contributed by atoms with van der Waals surface area (Å²) in [4.78, 5) is 24.0. The molecule has 0 aromatic heterocycles. The number of hydrogen-bond donors (Lipinski definition) is 4. The molecular weight excluding hydrogens is 338 g/mol. The van der Waals surface area contributed by atoms with E-state index in [0.717, 1.165) is 18.9 Å². The van der Waals surface area contributed by atoms with Gasteiger partial charge in [-0.05, 0) is 18.6 Å². The highest BCUT2D eigenvalue weighted by molar-refractivity contribution is 6.16. The third kappa shape index (κ3) is 4.91. The molecule has 2 aliphatic rings. The van der Waals surface area contributed by atoms with E-state index in [9.17, 15) is 19.8 Å². The molecule has 2 fully saturated rings. The maximum absolute atomic E-state index is 12.2. The predicted molar refractivity (Wildman–Crippen MR) is 95.4 cm³/mol. The van der Waals surface area contributed by atoms with E-state index >= 15 is 0 Å². The van der Waals surface area contributed by atoms with E-state index in [-0.39, 0.29) is 12.2 Å². The van der Waals surface area contributed by atoms with E-state index in [2.05, 4.69) is 12.2 Å². The number of ketones is 1. The minimum Gasteiger partial charge on any atom is -0.394 e. The lowest BCUT2D eigenvalue weighted by Gasteiger charge is -2.21. The van der Waals surface area contributed by atoms with Crippen molar-refractivity contribution in [1.82, 2.24) is 5.32 Å². The van der Waals surface area contributed by atoms with Crippen molar-refractivity contribution in [2.45, 2.75) is 88.2 Å². The Hall–Kier alpha value is -1.28. The van der Waals surface area contributed by atoms with Gasteiger partial charge in [0.15, 0.2) is 5.78 Å². The first kappa shape index (κ1) is 21.0. The van der Waals surface area contributed by atoms with Crippen molar-refractivity contribution in [3.63, 3.8) is 0 Å². The fourth-order valence-corrected chi connectivity index (χ4v) is 3.36. The van der Waals surface area contributed by atoms with Crippen LogP contribution in [0.3, 0.4) is 0 Å². The van der Waals surface area contributed by atoms with Crippen LogP contribution in [0.1, 0.15) is 58.3 Å². The molecule has 7 nitrogen and oxygen atoms in total. The minimum atomic E-state index is -2.55. The zero-order valence-electron chi connectivity index (χ0n) is 15.4. The molecule has 2 aliphatic heterocycles. The number of ether oxygens (including phenoxy) is 1. The summed E-state index contributed by atoms with van der Waals surface area (Å²) in [6.45, 7) is 1.64. The van der Waals surface area contributed by atoms with E-state index in [0.29, 0.717) is 0 Å². The van der Waals surface area contributed by atoms with Gasteiger partial charge in [-0.25, -0.2) is 0 Å². The van der Waals surface area contributed by atoms with Crippen LogP contribution in [0.4, 0.5) is 0 Å². The quantitative estimate of drug-likeness (QED) is 0.173. The molecule has 1 amide bonds. The van der Waals surface area contributed by atoms with E-state index in [1.165, 1.54) is 44.6 Å². The van der Waals surface area contributed by atoms with Gasteiger partial charge < -0.3 is 25.4 Å². The SMILES string of the molecule is CCCCCCCCC[C@H]1OC1/C=C/C(=O)[C@]1(O)C(=O)N[C@@H](CO)[C@@H]1O. The second-order valence-electron chi connectivity index (χ2n) is 7.25. The highest BCUT2D eigenvalue weighted by atomic mass is 16.6. The smallest absolute Gasteiger partial charge is 0.263 e. The van der Waals surface area contributed by atoms with E-state index in [1.54, 1.807) is 0 Å². The normalized spacial score (nSPS) is 33.6. The molecule has 4 N–H and O–H groups in total. The minimum absolute atomic E-state index is 0.0804. The topological polar surface area (TPSA) is 119 Å². The molecule has 0 spiro atoms. The third-order valence-electron chi connectivity index (χ3n) is 5.20. The molecule has 5 atom stereocenters. The standard InChI is InChI=1S/C19H31NO6/c1-2-3-4-5-6-7-8-9-14-15(26-14)10-11-16(22)19(25)17(23)13(12-21)20-18(19)24/h10-11,13-15,17,21,23,25H,2-9,12H2,1H3,(H,20,24)/b11-10+/t13-,14+,15?,17-,19+/m0/s1. The monoisotopic (exact) mass is 369 g/mol. The van der Waals surface area contributed by atoms with Crippen molar-refractivity contribution in [2.75, 3.05) is 6.61 Å². The highest BCUT2D eigenvalue weighted by Gasteiger charge is 2.58. The lowest BCUT2D eigenvalue weighted by Crippen LogP contribution is -2.52. The first-order valence-electron chi connectivity index (χ1n) is 9.65. The molecule has 1 unspecified atom stereocenters. The number of unbranched alkanes of at least 4 members (excludes halogenated alkanes) is 6. The summed E-state index contributed by atoms with van der Waals surface area (Å²) in [5, 5.41) is 31.4. The van der Waals surface area contributed by atoms with Gasteiger partial charge in [0.05, 0.1) is 18.8 Å². The van der Waals surface area contributed by atoms with Gasteiger partial charge in [-0.1, -0.05) is 51.9 Å².